The maximum Gasteiger partial charge on any atom is 0.408 e. The molecule has 0 radical (unpaired) electrons. The first kappa shape index (κ1) is 31.2. The maximum atomic E-state index is 14.5. The Morgan fingerprint density at radius 1 is 0.975 bits per heavy atom. The summed E-state index contributed by atoms with van der Waals surface area (Å²) in [6, 6.07) is 13.6. The molecule has 2 atom stereocenters. The van der Waals surface area contributed by atoms with Gasteiger partial charge >= 0.3 is 6.09 Å². The highest BCUT2D eigenvalue weighted by Gasteiger charge is 2.39. The molecule has 3 amide bonds. The Balaban J connectivity index is 2.03. The van der Waals surface area contributed by atoms with Crippen molar-refractivity contribution in [2.24, 2.45) is 0 Å². The zero-order valence-corrected chi connectivity index (χ0v) is 25.3. The van der Waals surface area contributed by atoms with Crippen molar-refractivity contribution >= 4 is 17.9 Å². The van der Waals surface area contributed by atoms with Gasteiger partial charge < -0.3 is 20.3 Å². The lowest BCUT2D eigenvalue weighted by Crippen LogP contribution is -2.56. The smallest absolute Gasteiger partial charge is 0.408 e. The summed E-state index contributed by atoms with van der Waals surface area (Å²) in [6.07, 6.45) is 4.85. The molecule has 1 fully saturated rings. The first-order chi connectivity index (χ1) is 18.9. The SMILES string of the molecule is Cc1ccc(C)c(C(C(=O)NC2CCCCC2)N(C(=O)C(Cc2ccccc2)NC(=O)OC(C)(C)C)C(C)C)c1. The van der Waals surface area contributed by atoms with Crippen LogP contribution >= 0.6 is 0 Å². The van der Waals surface area contributed by atoms with Gasteiger partial charge in [-0.2, -0.15) is 0 Å². The minimum absolute atomic E-state index is 0.0954. The van der Waals surface area contributed by atoms with Crippen LogP contribution in [0.3, 0.4) is 0 Å². The summed E-state index contributed by atoms with van der Waals surface area (Å²) < 4.78 is 5.52. The van der Waals surface area contributed by atoms with Crippen molar-refractivity contribution in [2.75, 3.05) is 0 Å². The molecule has 1 aliphatic carbocycles. The molecule has 0 aliphatic heterocycles. The van der Waals surface area contributed by atoms with E-state index >= 15 is 0 Å². The van der Waals surface area contributed by atoms with Crippen molar-refractivity contribution < 1.29 is 19.1 Å². The Labute approximate surface area is 240 Å². The molecular formula is C33H47N3O4. The molecule has 40 heavy (non-hydrogen) atoms. The zero-order valence-electron chi connectivity index (χ0n) is 25.3. The molecule has 0 aromatic heterocycles. The van der Waals surface area contributed by atoms with Gasteiger partial charge in [-0.15, -0.1) is 0 Å². The Kier molecular flexibility index (Phi) is 10.8. The van der Waals surface area contributed by atoms with Crippen LogP contribution in [0.25, 0.3) is 0 Å². The number of hydrogen-bond donors (Lipinski definition) is 2. The van der Waals surface area contributed by atoms with Gasteiger partial charge in [0.1, 0.15) is 17.7 Å². The largest absolute Gasteiger partial charge is 0.444 e. The number of aryl methyl sites for hydroxylation is 2. The summed E-state index contributed by atoms with van der Waals surface area (Å²) in [6.45, 7) is 13.1. The summed E-state index contributed by atoms with van der Waals surface area (Å²) in [5.41, 5.74) is 2.93. The second-order valence-electron chi connectivity index (χ2n) is 12.3. The Hall–Kier alpha value is -3.35. The fourth-order valence-electron chi connectivity index (χ4n) is 5.36. The first-order valence-corrected chi connectivity index (χ1v) is 14.6. The number of carbonyl (C=O) groups is 3. The monoisotopic (exact) mass is 549 g/mol. The molecule has 7 heteroatoms. The second kappa shape index (κ2) is 13.8. The number of carbonyl (C=O) groups excluding carboxylic acids is 3. The van der Waals surface area contributed by atoms with Crippen LogP contribution in [0.1, 0.15) is 95.0 Å². The predicted octanol–water partition coefficient (Wildman–Crippen LogP) is 6.17. The number of rotatable bonds is 9. The van der Waals surface area contributed by atoms with Crippen LogP contribution in [0.2, 0.25) is 0 Å². The van der Waals surface area contributed by atoms with E-state index in [-0.39, 0.29) is 30.3 Å². The average Bonchev–Trinajstić information content (AvgIpc) is 2.88. The van der Waals surface area contributed by atoms with Crippen molar-refractivity contribution in [1.82, 2.24) is 15.5 Å². The molecular weight excluding hydrogens is 502 g/mol. The van der Waals surface area contributed by atoms with Crippen LogP contribution in [0.15, 0.2) is 48.5 Å². The van der Waals surface area contributed by atoms with Gasteiger partial charge in [0.2, 0.25) is 11.8 Å². The van der Waals surface area contributed by atoms with Gasteiger partial charge in [0.25, 0.3) is 0 Å². The molecule has 0 spiro atoms. The van der Waals surface area contributed by atoms with Crippen LogP contribution in [0, 0.1) is 13.8 Å². The third-order valence-corrected chi connectivity index (χ3v) is 7.29. The lowest BCUT2D eigenvalue weighted by atomic mass is 9.92. The minimum atomic E-state index is -0.922. The maximum absolute atomic E-state index is 14.5. The van der Waals surface area contributed by atoms with Gasteiger partial charge in [-0.25, -0.2) is 4.79 Å². The van der Waals surface area contributed by atoms with Crippen molar-refractivity contribution in [3.63, 3.8) is 0 Å². The first-order valence-electron chi connectivity index (χ1n) is 14.6. The van der Waals surface area contributed by atoms with E-state index < -0.39 is 23.8 Å². The van der Waals surface area contributed by atoms with Crippen molar-refractivity contribution in [2.45, 2.75) is 117 Å². The molecule has 1 saturated carbocycles. The van der Waals surface area contributed by atoms with Crippen molar-refractivity contribution in [3.8, 4) is 0 Å². The number of ether oxygens (including phenoxy) is 1. The van der Waals surface area contributed by atoms with Gasteiger partial charge in [0.15, 0.2) is 0 Å². The normalized spacial score (nSPS) is 15.7. The van der Waals surface area contributed by atoms with Crippen LogP contribution in [0.5, 0.6) is 0 Å². The fourth-order valence-corrected chi connectivity index (χ4v) is 5.36. The Morgan fingerprint density at radius 3 is 2.23 bits per heavy atom. The molecule has 1 aliphatic rings. The van der Waals surface area contributed by atoms with E-state index in [4.69, 9.17) is 4.74 Å². The fraction of sp³-hybridized carbons (Fsp3) is 0.545. The highest BCUT2D eigenvalue weighted by atomic mass is 16.6. The van der Waals surface area contributed by atoms with Crippen molar-refractivity contribution in [3.05, 3.63) is 70.8 Å². The lowest BCUT2D eigenvalue weighted by Gasteiger charge is -2.38. The molecule has 2 aromatic rings. The van der Waals surface area contributed by atoms with Crippen LogP contribution < -0.4 is 10.6 Å². The molecule has 218 valence electrons. The van der Waals surface area contributed by atoms with Gasteiger partial charge in [-0.1, -0.05) is 73.4 Å². The van der Waals surface area contributed by atoms with E-state index in [1.54, 1.807) is 25.7 Å². The van der Waals surface area contributed by atoms with E-state index in [1.165, 1.54) is 6.42 Å². The molecule has 2 N–H and O–H groups in total. The minimum Gasteiger partial charge on any atom is -0.444 e. The van der Waals surface area contributed by atoms with Gasteiger partial charge in [-0.3, -0.25) is 9.59 Å². The summed E-state index contributed by atoms with van der Waals surface area (Å²) in [7, 11) is 0. The summed E-state index contributed by atoms with van der Waals surface area (Å²) in [5, 5.41) is 6.10. The molecule has 3 rings (SSSR count). The van der Waals surface area contributed by atoms with E-state index in [9.17, 15) is 14.4 Å². The third kappa shape index (κ3) is 8.83. The topological polar surface area (TPSA) is 87.7 Å². The number of nitrogens with zero attached hydrogens (tertiary/aromatic N) is 1. The van der Waals surface area contributed by atoms with Gasteiger partial charge in [0.05, 0.1) is 0 Å². The number of benzene rings is 2. The molecule has 0 heterocycles. The number of amides is 3. The Bertz CT molecular complexity index is 1150. The standard InChI is InChI=1S/C33H47N3O4/c1-22(2)36(31(38)28(21-25-14-10-8-11-15-25)35-32(39)40-33(5,6)7)29(27-20-23(3)18-19-24(27)4)30(37)34-26-16-12-9-13-17-26/h8,10-11,14-15,18-20,22,26,28-29H,9,12-13,16-17,21H2,1-7H3,(H,34,37)(H,35,39). The Morgan fingerprint density at radius 2 is 1.62 bits per heavy atom. The van der Waals surface area contributed by atoms with E-state index in [0.29, 0.717) is 0 Å². The summed E-state index contributed by atoms with van der Waals surface area (Å²) in [5.74, 6) is -0.507. The van der Waals surface area contributed by atoms with Crippen LogP contribution in [-0.2, 0) is 20.7 Å². The highest BCUT2D eigenvalue weighted by molar-refractivity contribution is 5.93. The molecule has 0 bridgehead atoms. The van der Waals surface area contributed by atoms with Gasteiger partial charge in [0, 0.05) is 18.5 Å². The molecule has 2 aromatic carbocycles. The zero-order chi connectivity index (χ0) is 29.4. The molecule has 2 unspecified atom stereocenters. The quantitative estimate of drug-likeness (QED) is 0.392. The highest BCUT2D eigenvalue weighted by Crippen LogP contribution is 2.30. The summed E-state index contributed by atoms with van der Waals surface area (Å²) in [4.78, 5) is 43.1. The van der Waals surface area contributed by atoms with E-state index in [1.807, 2.05) is 76.2 Å². The van der Waals surface area contributed by atoms with Crippen LogP contribution in [0.4, 0.5) is 4.79 Å². The van der Waals surface area contributed by atoms with E-state index in [0.717, 1.165) is 47.9 Å². The molecule has 7 nitrogen and oxygen atoms in total. The lowest BCUT2D eigenvalue weighted by molar-refractivity contribution is -0.145. The average molecular weight is 550 g/mol. The molecule has 0 saturated heterocycles. The van der Waals surface area contributed by atoms with Gasteiger partial charge in [-0.05, 0) is 78.0 Å². The number of hydrogen-bond acceptors (Lipinski definition) is 4. The van der Waals surface area contributed by atoms with Crippen LogP contribution in [-0.4, -0.2) is 46.5 Å². The van der Waals surface area contributed by atoms with Crippen molar-refractivity contribution in [1.29, 1.82) is 0 Å². The predicted molar refractivity (Wildman–Crippen MR) is 159 cm³/mol. The number of alkyl carbamates (subject to hydrolysis) is 1. The summed E-state index contributed by atoms with van der Waals surface area (Å²) >= 11 is 0. The second-order valence-corrected chi connectivity index (χ2v) is 12.3. The number of nitrogens with one attached hydrogen (secondary N) is 2. The van der Waals surface area contributed by atoms with E-state index in [2.05, 4.69) is 10.6 Å². The third-order valence-electron chi connectivity index (χ3n) is 7.29.